The van der Waals surface area contributed by atoms with Crippen LogP contribution in [0.5, 0.6) is 23.1 Å². The van der Waals surface area contributed by atoms with Gasteiger partial charge < -0.3 is 19.2 Å². The van der Waals surface area contributed by atoms with Crippen molar-refractivity contribution in [1.82, 2.24) is 4.98 Å². The minimum Gasteiger partial charge on any atom is -0.452 e. The molecule has 1 N–H and O–H groups in total. The molecule has 1 aliphatic heterocycles. The maximum atomic E-state index is 7.33. The molecule has 0 saturated carbocycles. The molecule has 0 aliphatic carbocycles. The fourth-order valence-electron chi connectivity index (χ4n) is 6.74. The average molecular weight is 790 g/mol. The second kappa shape index (κ2) is 15.7. The number of nitrogens with zero attached hydrogens (tertiary/aromatic N) is 1. The molecule has 0 amide bonds. The van der Waals surface area contributed by atoms with Crippen LogP contribution in [0.2, 0.25) is 5.02 Å². The highest BCUT2D eigenvalue weighted by Gasteiger charge is 2.31. The van der Waals surface area contributed by atoms with Crippen molar-refractivity contribution in [3.05, 3.63) is 157 Å². The minimum atomic E-state index is 0.000804. The standard InChI is InChI=1S/C49H54Cl2N2O3/c1-29-25-30(2)43(31(3)26-29)56-44(40-28-39(50)45(52-40)54-36-21-17-34(18-22-36)48(7,8)9)42-38(27-32-13-15-33(16-14-32)47(4,5)6)41(51)46(53-42)55-37-23-19-35(20-24-37)49(10,11)12/h13-26,28,52H,27H2,1-12H3/b44-42+. The predicted octanol–water partition coefficient (Wildman–Crippen LogP) is 14.3. The summed E-state index contributed by atoms with van der Waals surface area (Å²) >= 11 is 14.3. The van der Waals surface area contributed by atoms with Crippen molar-refractivity contribution in [2.45, 2.75) is 106 Å². The van der Waals surface area contributed by atoms with Crippen LogP contribution in [0, 0.1) is 20.8 Å². The lowest BCUT2D eigenvalue weighted by Gasteiger charge is -2.19. The molecule has 292 valence electrons. The van der Waals surface area contributed by atoms with Crippen LogP contribution < -0.4 is 14.2 Å². The Morgan fingerprint density at radius 3 is 1.57 bits per heavy atom. The summed E-state index contributed by atoms with van der Waals surface area (Å²) in [7, 11) is 0. The highest BCUT2D eigenvalue weighted by atomic mass is 35.5. The zero-order valence-corrected chi connectivity index (χ0v) is 36.3. The van der Waals surface area contributed by atoms with Gasteiger partial charge in [0.15, 0.2) is 5.76 Å². The van der Waals surface area contributed by atoms with Gasteiger partial charge >= 0.3 is 0 Å². The van der Waals surface area contributed by atoms with E-state index in [4.69, 9.17) is 42.4 Å². The first-order valence-corrected chi connectivity index (χ1v) is 20.0. The third-order valence-electron chi connectivity index (χ3n) is 10.0. The number of aliphatic imine (C=N–C) groups is 1. The number of nitrogens with one attached hydrogen (secondary N) is 1. The van der Waals surface area contributed by atoms with Crippen LogP contribution in [0.1, 0.15) is 107 Å². The van der Waals surface area contributed by atoms with Crippen molar-refractivity contribution >= 4 is 34.9 Å². The van der Waals surface area contributed by atoms with Crippen molar-refractivity contribution in [2.24, 2.45) is 4.99 Å². The van der Waals surface area contributed by atoms with E-state index in [1.165, 1.54) is 16.7 Å². The van der Waals surface area contributed by atoms with E-state index in [0.717, 1.165) is 33.6 Å². The topological polar surface area (TPSA) is 55.8 Å². The van der Waals surface area contributed by atoms with E-state index in [2.05, 4.69) is 135 Å². The SMILES string of the molecule is Cc1cc(C)c(O/C(=C2/N=C(Oc3ccc(C(C)(C)C)cc3)C(Cl)=C2Cc2ccc(C(C)(C)C)cc2)c2cc(Cl)c(Oc3ccc(C(C)(C)C)cc3)[nH]2)c(C)c1. The number of hydrogen-bond acceptors (Lipinski definition) is 4. The first kappa shape index (κ1) is 40.9. The number of H-pyrrole nitrogens is 1. The zero-order chi connectivity index (χ0) is 40.7. The van der Waals surface area contributed by atoms with E-state index in [-0.39, 0.29) is 22.1 Å². The molecule has 1 aromatic heterocycles. The van der Waals surface area contributed by atoms with Gasteiger partial charge in [-0.1, -0.05) is 152 Å². The second-order valence-electron chi connectivity index (χ2n) is 18.0. The van der Waals surface area contributed by atoms with Gasteiger partial charge in [-0.15, -0.1) is 0 Å². The Kier molecular flexibility index (Phi) is 11.5. The number of aryl methyl sites for hydroxylation is 3. The van der Waals surface area contributed by atoms with Gasteiger partial charge in [0.1, 0.15) is 33.0 Å². The van der Waals surface area contributed by atoms with Gasteiger partial charge in [0.25, 0.3) is 0 Å². The maximum absolute atomic E-state index is 7.33. The third-order valence-corrected chi connectivity index (χ3v) is 10.7. The monoisotopic (exact) mass is 788 g/mol. The van der Waals surface area contributed by atoms with Crippen LogP contribution in [0.15, 0.2) is 112 Å². The molecule has 0 unspecified atom stereocenters. The molecule has 2 heterocycles. The molecule has 0 atom stereocenters. The molecule has 0 saturated heterocycles. The second-order valence-corrected chi connectivity index (χ2v) is 18.7. The molecular weight excluding hydrogens is 735 g/mol. The molecule has 7 heteroatoms. The number of halogens is 2. The highest BCUT2D eigenvalue weighted by molar-refractivity contribution is 6.44. The summed E-state index contributed by atoms with van der Waals surface area (Å²) in [6.07, 6.45) is 0.481. The molecule has 0 bridgehead atoms. The number of benzene rings is 4. The predicted molar refractivity (Wildman–Crippen MR) is 234 cm³/mol. The summed E-state index contributed by atoms with van der Waals surface area (Å²) in [5.41, 5.74) is 9.76. The lowest BCUT2D eigenvalue weighted by atomic mass is 9.86. The van der Waals surface area contributed by atoms with Gasteiger partial charge in [-0.25, -0.2) is 4.99 Å². The Morgan fingerprint density at radius 2 is 1.09 bits per heavy atom. The summed E-state index contributed by atoms with van der Waals surface area (Å²) in [6, 6.07) is 30.8. The van der Waals surface area contributed by atoms with Crippen LogP contribution in [-0.2, 0) is 22.7 Å². The van der Waals surface area contributed by atoms with E-state index >= 15 is 0 Å². The minimum absolute atomic E-state index is 0.000804. The van der Waals surface area contributed by atoms with E-state index < -0.39 is 0 Å². The number of allylic oxidation sites excluding steroid dienone is 1. The van der Waals surface area contributed by atoms with Crippen LogP contribution in [-0.4, -0.2) is 10.9 Å². The molecule has 1 aliphatic rings. The van der Waals surface area contributed by atoms with E-state index in [0.29, 0.717) is 51.0 Å². The fraction of sp³-hybridized carbons (Fsp3) is 0.327. The molecule has 0 spiro atoms. The Hall–Kier alpha value is -4.71. The first-order chi connectivity index (χ1) is 26.2. The van der Waals surface area contributed by atoms with Crippen molar-refractivity contribution < 1.29 is 14.2 Å². The van der Waals surface area contributed by atoms with Crippen molar-refractivity contribution in [3.8, 4) is 23.1 Å². The molecule has 5 aromatic rings. The zero-order valence-electron chi connectivity index (χ0n) is 34.8. The quantitative estimate of drug-likeness (QED) is 0.159. The van der Waals surface area contributed by atoms with E-state index in [1.54, 1.807) is 0 Å². The van der Waals surface area contributed by atoms with Gasteiger partial charge in [0, 0.05) is 12.0 Å². The van der Waals surface area contributed by atoms with E-state index in [9.17, 15) is 0 Å². The van der Waals surface area contributed by atoms with Crippen LogP contribution in [0.3, 0.4) is 0 Å². The highest BCUT2D eigenvalue weighted by Crippen LogP contribution is 2.42. The number of ether oxygens (including phenoxy) is 3. The number of aromatic amines is 1. The lowest BCUT2D eigenvalue weighted by Crippen LogP contribution is -2.11. The molecule has 6 rings (SSSR count). The Bertz CT molecular complexity index is 2300. The summed E-state index contributed by atoms with van der Waals surface area (Å²) in [4.78, 5) is 8.53. The Balaban J connectivity index is 1.50. The largest absolute Gasteiger partial charge is 0.452 e. The van der Waals surface area contributed by atoms with E-state index in [1.807, 2.05) is 44.2 Å². The summed E-state index contributed by atoms with van der Waals surface area (Å²) in [5.74, 6) is 3.13. The van der Waals surface area contributed by atoms with Gasteiger partial charge in [0.05, 0.1) is 5.69 Å². The van der Waals surface area contributed by atoms with Crippen LogP contribution >= 0.6 is 23.2 Å². The normalized spacial score (nSPS) is 14.6. The summed E-state index contributed by atoms with van der Waals surface area (Å²) < 4.78 is 19.8. The smallest absolute Gasteiger partial charge is 0.239 e. The first-order valence-electron chi connectivity index (χ1n) is 19.2. The molecular formula is C49H54Cl2N2O3. The lowest BCUT2D eigenvalue weighted by molar-refractivity contribution is 0.462. The third kappa shape index (κ3) is 9.28. The molecule has 0 fully saturated rings. The Morgan fingerprint density at radius 1 is 0.625 bits per heavy atom. The fourth-order valence-corrected chi connectivity index (χ4v) is 7.17. The molecule has 4 aromatic carbocycles. The molecule has 56 heavy (non-hydrogen) atoms. The van der Waals surface area contributed by atoms with Crippen LogP contribution in [0.25, 0.3) is 5.76 Å². The van der Waals surface area contributed by atoms with Crippen LogP contribution in [0.4, 0.5) is 0 Å². The summed E-state index contributed by atoms with van der Waals surface area (Å²) in [5, 5.41) is 0.803. The summed E-state index contributed by atoms with van der Waals surface area (Å²) in [6.45, 7) is 25.9. The number of hydrogen-bond donors (Lipinski definition) is 1. The number of aromatic nitrogens is 1. The van der Waals surface area contributed by atoms with Crippen molar-refractivity contribution in [3.63, 3.8) is 0 Å². The van der Waals surface area contributed by atoms with Crippen molar-refractivity contribution in [1.29, 1.82) is 0 Å². The van der Waals surface area contributed by atoms with Gasteiger partial charge in [-0.05, 0) is 101 Å². The molecule has 0 radical (unpaired) electrons. The number of rotatable bonds is 8. The van der Waals surface area contributed by atoms with Crippen molar-refractivity contribution in [2.75, 3.05) is 0 Å². The van der Waals surface area contributed by atoms with Gasteiger partial charge in [-0.2, -0.15) is 0 Å². The average Bonchev–Trinajstić information content (AvgIpc) is 3.61. The van der Waals surface area contributed by atoms with Gasteiger partial charge in [-0.3, -0.25) is 0 Å². The maximum Gasteiger partial charge on any atom is 0.239 e. The van der Waals surface area contributed by atoms with Gasteiger partial charge in [0.2, 0.25) is 11.8 Å². The molecule has 5 nitrogen and oxygen atoms in total. The Labute approximate surface area is 343 Å².